The third-order valence-electron chi connectivity index (χ3n) is 3.53. The zero-order chi connectivity index (χ0) is 12.6. The minimum atomic E-state index is -0.274. The summed E-state index contributed by atoms with van der Waals surface area (Å²) in [5, 5.41) is 0. The number of nitrogens with two attached hydrogens (primary N) is 1. The Balaban J connectivity index is 2.65. The molecule has 1 aromatic rings. The Labute approximate surface area is 110 Å². The number of halogens is 1. The van der Waals surface area contributed by atoms with Crippen LogP contribution >= 0.6 is 15.9 Å². The number of methoxy groups -OCH3 is 2. The summed E-state index contributed by atoms with van der Waals surface area (Å²) in [6, 6.07) is 1.97. The van der Waals surface area contributed by atoms with E-state index >= 15 is 0 Å². The normalized spacial score (nSPS) is 17.5. The molecule has 0 aliphatic heterocycles. The molecule has 0 atom stereocenters. The van der Waals surface area contributed by atoms with Gasteiger partial charge in [0.05, 0.1) is 14.2 Å². The zero-order valence-electron chi connectivity index (χ0n) is 10.5. The van der Waals surface area contributed by atoms with Gasteiger partial charge in [-0.15, -0.1) is 0 Å². The van der Waals surface area contributed by atoms with Crippen molar-refractivity contribution in [2.24, 2.45) is 5.73 Å². The van der Waals surface area contributed by atoms with Gasteiger partial charge in [-0.2, -0.15) is 0 Å². The number of hydrogen-bond donors (Lipinski definition) is 1. The lowest BCUT2D eigenvalue weighted by Crippen LogP contribution is -2.44. The van der Waals surface area contributed by atoms with Gasteiger partial charge in [-0.05, 0) is 37.8 Å². The lowest BCUT2D eigenvalue weighted by atomic mass is 9.72. The Morgan fingerprint density at radius 2 is 1.94 bits per heavy atom. The lowest BCUT2D eigenvalue weighted by Gasteiger charge is -2.40. The van der Waals surface area contributed by atoms with Gasteiger partial charge in [-0.25, -0.2) is 0 Å². The topological polar surface area (TPSA) is 44.5 Å². The molecule has 3 nitrogen and oxygen atoms in total. The molecule has 1 aromatic carbocycles. The zero-order valence-corrected chi connectivity index (χ0v) is 12.1. The van der Waals surface area contributed by atoms with E-state index in [1.807, 2.05) is 13.0 Å². The number of rotatable bonds is 3. The van der Waals surface area contributed by atoms with Crippen LogP contribution in [0.1, 0.15) is 30.4 Å². The van der Waals surface area contributed by atoms with Crippen LogP contribution in [-0.4, -0.2) is 14.2 Å². The molecule has 1 aliphatic rings. The number of hydrogen-bond acceptors (Lipinski definition) is 3. The first-order valence-corrected chi connectivity index (χ1v) is 6.53. The third-order valence-corrected chi connectivity index (χ3v) is 4.55. The SMILES string of the molecule is COc1cc(C)c(Br)c(C2(N)CCC2)c1OC. The summed E-state index contributed by atoms with van der Waals surface area (Å²) in [5.74, 6) is 1.51. The van der Waals surface area contributed by atoms with Crippen LogP contribution in [0.3, 0.4) is 0 Å². The van der Waals surface area contributed by atoms with E-state index in [0.717, 1.165) is 39.9 Å². The molecule has 1 aliphatic carbocycles. The summed E-state index contributed by atoms with van der Waals surface area (Å²) in [7, 11) is 3.31. The highest BCUT2D eigenvalue weighted by Gasteiger charge is 2.39. The second kappa shape index (κ2) is 4.50. The summed E-state index contributed by atoms with van der Waals surface area (Å²) in [4.78, 5) is 0. The summed E-state index contributed by atoms with van der Waals surface area (Å²) in [5.41, 5.74) is 8.32. The minimum Gasteiger partial charge on any atom is -0.493 e. The van der Waals surface area contributed by atoms with Crippen molar-refractivity contribution in [3.8, 4) is 11.5 Å². The van der Waals surface area contributed by atoms with Crippen LogP contribution < -0.4 is 15.2 Å². The smallest absolute Gasteiger partial charge is 0.166 e. The van der Waals surface area contributed by atoms with Crippen LogP contribution in [0.25, 0.3) is 0 Å². The van der Waals surface area contributed by atoms with Crippen molar-refractivity contribution in [1.82, 2.24) is 0 Å². The molecule has 0 unspecified atom stereocenters. The maximum atomic E-state index is 6.43. The van der Waals surface area contributed by atoms with Crippen molar-refractivity contribution in [3.05, 3.63) is 21.7 Å². The molecule has 2 N–H and O–H groups in total. The molecule has 0 amide bonds. The fourth-order valence-electron chi connectivity index (χ4n) is 2.35. The summed E-state index contributed by atoms with van der Waals surface area (Å²) >= 11 is 3.63. The first kappa shape index (κ1) is 12.7. The van der Waals surface area contributed by atoms with E-state index in [0.29, 0.717) is 0 Å². The monoisotopic (exact) mass is 299 g/mol. The Kier molecular flexibility index (Phi) is 3.36. The molecule has 0 radical (unpaired) electrons. The summed E-state index contributed by atoms with van der Waals surface area (Å²) in [6.07, 6.45) is 3.16. The summed E-state index contributed by atoms with van der Waals surface area (Å²) < 4.78 is 11.9. The van der Waals surface area contributed by atoms with Gasteiger partial charge >= 0.3 is 0 Å². The summed E-state index contributed by atoms with van der Waals surface area (Å²) in [6.45, 7) is 2.04. The predicted molar refractivity (Wildman–Crippen MR) is 71.7 cm³/mol. The molecule has 1 saturated carbocycles. The van der Waals surface area contributed by atoms with Crippen molar-refractivity contribution >= 4 is 15.9 Å². The standard InChI is InChI=1S/C13H18BrNO2/c1-8-7-9(16-2)12(17-3)10(11(8)14)13(15)5-4-6-13/h7H,4-6,15H2,1-3H3. The fourth-order valence-corrected chi connectivity index (χ4v) is 3.04. The third kappa shape index (κ3) is 1.93. The van der Waals surface area contributed by atoms with E-state index in [4.69, 9.17) is 15.2 Å². The first-order chi connectivity index (χ1) is 8.03. The van der Waals surface area contributed by atoms with Crippen molar-refractivity contribution < 1.29 is 9.47 Å². The fraction of sp³-hybridized carbons (Fsp3) is 0.538. The maximum Gasteiger partial charge on any atom is 0.166 e. The molecule has 0 spiro atoms. The van der Waals surface area contributed by atoms with Crippen LogP contribution in [0.15, 0.2) is 10.5 Å². The molecule has 17 heavy (non-hydrogen) atoms. The van der Waals surface area contributed by atoms with Crippen LogP contribution in [0, 0.1) is 6.92 Å². The molecular formula is C13H18BrNO2. The molecule has 1 fully saturated rings. The van der Waals surface area contributed by atoms with Crippen molar-refractivity contribution in [2.45, 2.75) is 31.7 Å². The Morgan fingerprint density at radius 1 is 1.29 bits per heavy atom. The van der Waals surface area contributed by atoms with Crippen molar-refractivity contribution in [3.63, 3.8) is 0 Å². The number of benzene rings is 1. The van der Waals surface area contributed by atoms with E-state index in [1.54, 1.807) is 14.2 Å². The average molecular weight is 300 g/mol. The molecule has 0 heterocycles. The van der Waals surface area contributed by atoms with Gasteiger partial charge in [0, 0.05) is 15.6 Å². The van der Waals surface area contributed by atoms with Crippen LogP contribution in [0.2, 0.25) is 0 Å². The number of aryl methyl sites for hydroxylation is 1. The molecule has 2 rings (SSSR count). The van der Waals surface area contributed by atoms with Crippen LogP contribution in [0.4, 0.5) is 0 Å². The second-order valence-corrected chi connectivity index (χ2v) is 5.42. The molecular weight excluding hydrogens is 282 g/mol. The maximum absolute atomic E-state index is 6.43. The van der Waals surface area contributed by atoms with Crippen molar-refractivity contribution in [1.29, 1.82) is 0 Å². The van der Waals surface area contributed by atoms with Gasteiger partial charge in [0.2, 0.25) is 0 Å². The Morgan fingerprint density at radius 3 is 2.35 bits per heavy atom. The van der Waals surface area contributed by atoms with Gasteiger partial charge < -0.3 is 15.2 Å². The largest absolute Gasteiger partial charge is 0.493 e. The van der Waals surface area contributed by atoms with Gasteiger partial charge in [0.25, 0.3) is 0 Å². The van der Waals surface area contributed by atoms with Crippen LogP contribution in [0.5, 0.6) is 11.5 Å². The van der Waals surface area contributed by atoms with Gasteiger partial charge in [-0.3, -0.25) is 0 Å². The lowest BCUT2D eigenvalue weighted by molar-refractivity contribution is 0.239. The molecule has 94 valence electrons. The van der Waals surface area contributed by atoms with E-state index in [9.17, 15) is 0 Å². The van der Waals surface area contributed by atoms with E-state index in [1.165, 1.54) is 6.42 Å². The molecule has 0 bridgehead atoms. The van der Waals surface area contributed by atoms with Gasteiger partial charge in [0.15, 0.2) is 11.5 Å². The highest BCUT2D eigenvalue weighted by molar-refractivity contribution is 9.10. The number of ether oxygens (including phenoxy) is 2. The molecule has 0 aromatic heterocycles. The second-order valence-electron chi connectivity index (χ2n) is 4.63. The average Bonchev–Trinajstić information content (AvgIpc) is 2.28. The first-order valence-electron chi connectivity index (χ1n) is 5.74. The van der Waals surface area contributed by atoms with E-state index in [-0.39, 0.29) is 5.54 Å². The minimum absolute atomic E-state index is 0.274. The Bertz CT molecular complexity index is 442. The Hall–Kier alpha value is -0.740. The highest BCUT2D eigenvalue weighted by atomic mass is 79.9. The molecule has 0 saturated heterocycles. The van der Waals surface area contributed by atoms with Crippen LogP contribution in [-0.2, 0) is 5.54 Å². The van der Waals surface area contributed by atoms with E-state index in [2.05, 4.69) is 15.9 Å². The quantitative estimate of drug-likeness (QED) is 0.933. The predicted octanol–water partition coefficient (Wildman–Crippen LogP) is 3.11. The van der Waals surface area contributed by atoms with Gasteiger partial charge in [0.1, 0.15) is 0 Å². The highest BCUT2D eigenvalue weighted by Crippen LogP contribution is 2.50. The van der Waals surface area contributed by atoms with E-state index < -0.39 is 0 Å². The molecule has 4 heteroatoms. The van der Waals surface area contributed by atoms with Gasteiger partial charge in [-0.1, -0.05) is 15.9 Å². The van der Waals surface area contributed by atoms with Crippen molar-refractivity contribution in [2.75, 3.05) is 14.2 Å².